The van der Waals surface area contributed by atoms with Gasteiger partial charge in [-0.05, 0) is 45.6 Å². The third-order valence-electron chi connectivity index (χ3n) is 2.69. The second-order valence-corrected chi connectivity index (χ2v) is 9.26. The van der Waals surface area contributed by atoms with Crippen LogP contribution in [-0.4, -0.2) is 8.42 Å². The molecule has 1 heterocycles. The molecular weight excluding hydrogens is 382 g/mol. The van der Waals surface area contributed by atoms with Gasteiger partial charge in [-0.25, -0.2) is 8.42 Å². The van der Waals surface area contributed by atoms with Crippen LogP contribution < -0.4 is 4.72 Å². The van der Waals surface area contributed by atoms with E-state index in [1.54, 1.807) is 6.07 Å². The lowest BCUT2D eigenvalue weighted by atomic mass is 10.0. The quantitative estimate of drug-likeness (QED) is 0.785. The number of nitrogens with one attached hydrogen (secondary N) is 1. The van der Waals surface area contributed by atoms with Crippen molar-refractivity contribution < 1.29 is 8.42 Å². The normalized spacial score (nSPS) is 11.8. The van der Waals surface area contributed by atoms with E-state index < -0.39 is 10.0 Å². The Labute approximate surface area is 136 Å². The highest BCUT2D eigenvalue weighted by atomic mass is 79.9. The van der Waals surface area contributed by atoms with E-state index in [2.05, 4.69) is 34.5 Å². The van der Waals surface area contributed by atoms with Crippen molar-refractivity contribution in [1.82, 2.24) is 0 Å². The zero-order chi connectivity index (χ0) is 14.9. The Balaban J connectivity index is 2.31. The van der Waals surface area contributed by atoms with Gasteiger partial charge >= 0.3 is 0 Å². The smallest absolute Gasteiger partial charge is 0.271 e. The van der Waals surface area contributed by atoms with E-state index in [0.717, 1.165) is 16.9 Å². The summed E-state index contributed by atoms with van der Waals surface area (Å²) in [5.41, 5.74) is 1.63. The molecule has 0 fully saturated rings. The second kappa shape index (κ2) is 6.05. The molecule has 0 aliphatic carbocycles. The third-order valence-corrected chi connectivity index (χ3v) is 7.02. The Hall–Kier alpha value is -0.560. The molecule has 0 bridgehead atoms. The summed E-state index contributed by atoms with van der Waals surface area (Å²) >= 11 is 10.2. The monoisotopic (exact) mass is 393 g/mol. The summed E-state index contributed by atoms with van der Waals surface area (Å²) in [6, 6.07) is 8.82. The van der Waals surface area contributed by atoms with Gasteiger partial charge in [-0.2, -0.15) is 0 Å². The zero-order valence-electron chi connectivity index (χ0n) is 10.9. The minimum Gasteiger partial charge on any atom is -0.279 e. The molecule has 0 unspecified atom stereocenters. The van der Waals surface area contributed by atoms with Gasteiger partial charge in [0.1, 0.15) is 4.21 Å². The molecule has 0 amide bonds. The predicted molar refractivity (Wildman–Crippen MR) is 88.4 cm³/mol. The highest BCUT2D eigenvalue weighted by Crippen LogP contribution is 2.35. The topological polar surface area (TPSA) is 46.2 Å². The fourth-order valence-electron chi connectivity index (χ4n) is 1.63. The molecule has 1 aromatic heterocycles. The van der Waals surface area contributed by atoms with Crippen molar-refractivity contribution in [2.75, 3.05) is 4.72 Å². The van der Waals surface area contributed by atoms with Gasteiger partial charge in [-0.3, -0.25) is 4.72 Å². The number of sulfonamides is 1. The fourth-order valence-corrected chi connectivity index (χ4v) is 5.07. The maximum atomic E-state index is 12.3. The molecule has 0 radical (unpaired) electrons. The van der Waals surface area contributed by atoms with E-state index in [1.807, 2.05) is 18.2 Å². The van der Waals surface area contributed by atoms with E-state index in [1.165, 1.54) is 6.07 Å². The third kappa shape index (κ3) is 3.55. The summed E-state index contributed by atoms with van der Waals surface area (Å²) in [5, 5.41) is 0.395. The van der Waals surface area contributed by atoms with Crippen LogP contribution in [0.4, 0.5) is 5.69 Å². The van der Waals surface area contributed by atoms with Crippen molar-refractivity contribution >= 4 is 54.6 Å². The summed E-state index contributed by atoms with van der Waals surface area (Å²) in [4.78, 5) is 0. The van der Waals surface area contributed by atoms with E-state index in [-0.39, 0.29) is 4.21 Å². The lowest BCUT2D eigenvalue weighted by molar-refractivity contribution is 0.603. The zero-order valence-corrected chi connectivity index (χ0v) is 14.8. The van der Waals surface area contributed by atoms with Gasteiger partial charge in [0.2, 0.25) is 0 Å². The minimum absolute atomic E-state index is 0.185. The Morgan fingerprint density at radius 3 is 2.55 bits per heavy atom. The minimum atomic E-state index is -3.60. The van der Waals surface area contributed by atoms with E-state index in [4.69, 9.17) is 11.6 Å². The highest BCUT2D eigenvalue weighted by Gasteiger charge is 2.19. The van der Waals surface area contributed by atoms with Crippen LogP contribution in [0.3, 0.4) is 0 Å². The van der Waals surface area contributed by atoms with Crippen molar-refractivity contribution in [3.63, 3.8) is 0 Å². The van der Waals surface area contributed by atoms with E-state index in [0.29, 0.717) is 20.4 Å². The average Bonchev–Trinajstić information content (AvgIpc) is 2.70. The number of thiophene rings is 1. The van der Waals surface area contributed by atoms with E-state index in [9.17, 15) is 8.42 Å². The number of rotatable bonds is 4. The number of anilines is 1. The van der Waals surface area contributed by atoms with Crippen molar-refractivity contribution in [2.45, 2.75) is 24.0 Å². The fraction of sp³-hybridized carbons (Fsp3) is 0.231. The number of hydrogen-bond acceptors (Lipinski definition) is 3. The first kappa shape index (κ1) is 15.8. The Morgan fingerprint density at radius 2 is 2.00 bits per heavy atom. The van der Waals surface area contributed by atoms with Gasteiger partial charge in [0.15, 0.2) is 0 Å². The average molecular weight is 395 g/mol. The summed E-state index contributed by atoms with van der Waals surface area (Å²) in [6.07, 6.45) is 0. The molecule has 0 saturated carbocycles. The maximum Gasteiger partial charge on any atom is 0.271 e. The van der Waals surface area contributed by atoms with Crippen LogP contribution in [0.15, 0.2) is 38.3 Å². The molecule has 2 rings (SSSR count). The molecule has 0 saturated heterocycles. The van der Waals surface area contributed by atoms with Gasteiger partial charge in [0.05, 0.1) is 8.81 Å². The maximum absolute atomic E-state index is 12.3. The Kier molecular flexibility index (Phi) is 4.79. The van der Waals surface area contributed by atoms with Crippen molar-refractivity contribution in [1.29, 1.82) is 0 Å². The Morgan fingerprint density at radius 1 is 1.30 bits per heavy atom. The molecule has 20 heavy (non-hydrogen) atoms. The standard InChI is InChI=1S/C13H13BrClNO2S2/c1-8(2)9-4-3-5-10(6-9)16-20(17,18)12-7-11(15)13(14)19-12/h3-8,16H,1-2H3. The van der Waals surface area contributed by atoms with Crippen LogP contribution in [0.25, 0.3) is 0 Å². The Bertz CT molecular complexity index is 706. The molecule has 0 aliphatic heterocycles. The van der Waals surface area contributed by atoms with Crippen molar-refractivity contribution in [3.8, 4) is 0 Å². The molecule has 1 N–H and O–H groups in total. The van der Waals surface area contributed by atoms with Gasteiger partial charge in [0, 0.05) is 5.69 Å². The molecule has 108 valence electrons. The van der Waals surface area contributed by atoms with E-state index >= 15 is 0 Å². The molecule has 0 aliphatic rings. The molecule has 0 spiro atoms. The number of hydrogen-bond donors (Lipinski definition) is 1. The van der Waals surface area contributed by atoms with Crippen LogP contribution in [0, 0.1) is 0 Å². The van der Waals surface area contributed by atoms with Gasteiger partial charge in [0.25, 0.3) is 10.0 Å². The van der Waals surface area contributed by atoms with Crippen LogP contribution in [0.2, 0.25) is 5.02 Å². The summed E-state index contributed by atoms with van der Waals surface area (Å²) in [6.45, 7) is 4.12. The first-order valence-electron chi connectivity index (χ1n) is 5.87. The molecular formula is C13H13BrClNO2S2. The lowest BCUT2D eigenvalue weighted by Crippen LogP contribution is -2.11. The summed E-state index contributed by atoms with van der Waals surface area (Å²) in [5.74, 6) is 0.338. The first-order chi connectivity index (χ1) is 9.29. The molecule has 7 heteroatoms. The number of benzene rings is 1. The lowest BCUT2D eigenvalue weighted by Gasteiger charge is -2.10. The highest BCUT2D eigenvalue weighted by molar-refractivity contribution is 9.11. The second-order valence-electron chi connectivity index (χ2n) is 4.57. The summed E-state index contributed by atoms with van der Waals surface area (Å²) < 4.78 is 27.9. The van der Waals surface area contributed by atoms with Crippen LogP contribution in [0.5, 0.6) is 0 Å². The van der Waals surface area contributed by atoms with Crippen molar-refractivity contribution in [3.05, 3.63) is 44.7 Å². The van der Waals surface area contributed by atoms with Gasteiger partial charge < -0.3 is 0 Å². The predicted octanol–water partition coefficient (Wildman–Crippen LogP) is 5.09. The summed E-state index contributed by atoms with van der Waals surface area (Å²) in [7, 11) is -3.60. The molecule has 1 aromatic carbocycles. The molecule has 2 aromatic rings. The number of halogens is 2. The largest absolute Gasteiger partial charge is 0.279 e. The molecule has 3 nitrogen and oxygen atoms in total. The van der Waals surface area contributed by atoms with Crippen LogP contribution in [-0.2, 0) is 10.0 Å². The first-order valence-corrected chi connectivity index (χ1v) is 9.34. The van der Waals surface area contributed by atoms with Gasteiger partial charge in [-0.1, -0.05) is 37.6 Å². The van der Waals surface area contributed by atoms with Crippen LogP contribution >= 0.6 is 38.9 Å². The van der Waals surface area contributed by atoms with Crippen molar-refractivity contribution in [2.24, 2.45) is 0 Å². The molecule has 0 atom stereocenters. The van der Waals surface area contributed by atoms with Crippen LogP contribution in [0.1, 0.15) is 25.3 Å². The van der Waals surface area contributed by atoms with Gasteiger partial charge in [-0.15, -0.1) is 11.3 Å². The SMILES string of the molecule is CC(C)c1cccc(NS(=O)(=O)c2cc(Cl)c(Br)s2)c1.